The number of aromatic nitrogens is 2. The SMILES string of the molecule is I.NC(=NCc1ccccc1-n1ccnc1)N1CCN(c2ccc(F)cc2)CC1. The van der Waals surface area contributed by atoms with Crippen LogP contribution in [0.1, 0.15) is 5.56 Å². The van der Waals surface area contributed by atoms with Gasteiger partial charge in [0.05, 0.1) is 18.6 Å². The molecule has 2 N–H and O–H groups in total. The predicted molar refractivity (Wildman–Crippen MR) is 124 cm³/mol. The Bertz CT molecular complexity index is 934. The molecule has 0 spiro atoms. The van der Waals surface area contributed by atoms with Crippen LogP contribution < -0.4 is 10.6 Å². The number of para-hydroxylation sites is 1. The summed E-state index contributed by atoms with van der Waals surface area (Å²) >= 11 is 0. The highest BCUT2D eigenvalue weighted by Crippen LogP contribution is 2.18. The van der Waals surface area contributed by atoms with Crippen LogP contribution in [0.5, 0.6) is 0 Å². The molecule has 0 aliphatic carbocycles. The Morgan fingerprint density at radius 1 is 1.03 bits per heavy atom. The van der Waals surface area contributed by atoms with Crippen LogP contribution in [0.3, 0.4) is 0 Å². The van der Waals surface area contributed by atoms with Crippen LogP contribution in [-0.4, -0.2) is 46.6 Å². The number of imidazole rings is 1. The molecule has 0 saturated carbocycles. The number of rotatable bonds is 4. The van der Waals surface area contributed by atoms with Crippen molar-refractivity contribution in [3.63, 3.8) is 0 Å². The summed E-state index contributed by atoms with van der Waals surface area (Å²) < 4.78 is 15.1. The lowest BCUT2D eigenvalue weighted by molar-refractivity contribution is 0.380. The summed E-state index contributed by atoms with van der Waals surface area (Å²) in [7, 11) is 0. The summed E-state index contributed by atoms with van der Waals surface area (Å²) in [5.74, 6) is 0.342. The molecule has 1 aliphatic heterocycles. The van der Waals surface area contributed by atoms with Crippen molar-refractivity contribution in [2.45, 2.75) is 6.54 Å². The average molecular weight is 506 g/mol. The van der Waals surface area contributed by atoms with E-state index < -0.39 is 0 Å². The molecule has 2 aromatic carbocycles. The van der Waals surface area contributed by atoms with Crippen LogP contribution in [0, 0.1) is 5.82 Å². The molecule has 152 valence electrons. The summed E-state index contributed by atoms with van der Waals surface area (Å²) in [6, 6.07) is 14.7. The van der Waals surface area contributed by atoms with Gasteiger partial charge in [-0.15, -0.1) is 24.0 Å². The van der Waals surface area contributed by atoms with Gasteiger partial charge >= 0.3 is 0 Å². The fourth-order valence-corrected chi connectivity index (χ4v) is 3.41. The van der Waals surface area contributed by atoms with Crippen LogP contribution in [0.2, 0.25) is 0 Å². The van der Waals surface area contributed by atoms with Gasteiger partial charge in [-0.3, -0.25) is 0 Å². The minimum absolute atomic E-state index is 0. The molecule has 3 aromatic rings. The van der Waals surface area contributed by atoms with Crippen LogP contribution in [0.4, 0.5) is 10.1 Å². The maximum atomic E-state index is 13.1. The number of aliphatic imine (C=N–C) groups is 1. The van der Waals surface area contributed by atoms with E-state index in [-0.39, 0.29) is 29.8 Å². The van der Waals surface area contributed by atoms with Crippen molar-refractivity contribution in [1.29, 1.82) is 0 Å². The first-order valence-electron chi connectivity index (χ1n) is 9.32. The van der Waals surface area contributed by atoms with Gasteiger partial charge in [0.15, 0.2) is 5.96 Å². The first kappa shape index (κ1) is 21.1. The molecule has 6 nitrogen and oxygen atoms in total. The predicted octanol–water partition coefficient (Wildman–Crippen LogP) is 3.27. The fourth-order valence-electron chi connectivity index (χ4n) is 3.41. The number of hydrogen-bond acceptors (Lipinski definition) is 3. The third kappa shape index (κ3) is 5.06. The number of piperazine rings is 1. The Hall–Kier alpha value is -2.62. The third-order valence-electron chi connectivity index (χ3n) is 4.98. The summed E-state index contributed by atoms with van der Waals surface area (Å²) in [6.45, 7) is 3.74. The standard InChI is InChI=1S/C21H23FN6.HI/c22-18-5-7-19(8-6-18)26-11-13-27(14-12-26)21(23)25-15-17-3-1-2-4-20(17)28-10-9-24-16-28;/h1-10,16H,11-15H2,(H2,23,25);1H. The molecule has 1 aromatic heterocycles. The number of nitrogens with zero attached hydrogens (tertiary/aromatic N) is 5. The Morgan fingerprint density at radius 3 is 2.45 bits per heavy atom. The third-order valence-corrected chi connectivity index (χ3v) is 4.98. The molecule has 4 rings (SSSR count). The van der Waals surface area contributed by atoms with E-state index in [1.54, 1.807) is 12.5 Å². The van der Waals surface area contributed by atoms with Gasteiger partial charge in [-0.2, -0.15) is 0 Å². The van der Waals surface area contributed by atoms with Gasteiger partial charge in [-0.25, -0.2) is 14.4 Å². The lowest BCUT2D eigenvalue weighted by Crippen LogP contribution is -2.51. The van der Waals surface area contributed by atoms with E-state index in [0.29, 0.717) is 12.5 Å². The largest absolute Gasteiger partial charge is 0.370 e. The highest BCUT2D eigenvalue weighted by Gasteiger charge is 2.18. The van der Waals surface area contributed by atoms with E-state index in [2.05, 4.69) is 25.8 Å². The van der Waals surface area contributed by atoms with E-state index in [4.69, 9.17) is 5.73 Å². The van der Waals surface area contributed by atoms with E-state index in [0.717, 1.165) is 43.1 Å². The topological polar surface area (TPSA) is 62.7 Å². The second-order valence-electron chi connectivity index (χ2n) is 6.72. The first-order valence-corrected chi connectivity index (χ1v) is 9.32. The van der Waals surface area contributed by atoms with Gasteiger partial charge in [0.2, 0.25) is 0 Å². The normalized spacial score (nSPS) is 14.6. The van der Waals surface area contributed by atoms with Crippen molar-refractivity contribution in [2.24, 2.45) is 10.7 Å². The minimum atomic E-state index is -0.213. The number of guanidine groups is 1. The molecule has 0 unspecified atom stereocenters. The van der Waals surface area contributed by atoms with E-state index in [9.17, 15) is 4.39 Å². The Morgan fingerprint density at radius 2 is 1.76 bits per heavy atom. The average Bonchev–Trinajstić information content (AvgIpc) is 3.28. The molecule has 29 heavy (non-hydrogen) atoms. The summed E-state index contributed by atoms with van der Waals surface area (Å²) in [6.07, 6.45) is 5.45. The van der Waals surface area contributed by atoms with E-state index in [1.807, 2.05) is 41.1 Å². The number of halogens is 2. The molecule has 2 heterocycles. The lowest BCUT2D eigenvalue weighted by atomic mass is 10.2. The van der Waals surface area contributed by atoms with Crippen LogP contribution in [-0.2, 0) is 6.54 Å². The monoisotopic (exact) mass is 506 g/mol. The highest BCUT2D eigenvalue weighted by atomic mass is 127. The minimum Gasteiger partial charge on any atom is -0.370 e. The highest BCUT2D eigenvalue weighted by molar-refractivity contribution is 14.0. The molecule has 0 bridgehead atoms. The molecule has 8 heteroatoms. The van der Waals surface area contributed by atoms with Crippen molar-refractivity contribution in [2.75, 3.05) is 31.1 Å². The van der Waals surface area contributed by atoms with Crippen LogP contribution in [0.15, 0.2) is 72.2 Å². The maximum absolute atomic E-state index is 13.1. The van der Waals surface area contributed by atoms with Crippen LogP contribution in [0.25, 0.3) is 5.69 Å². The zero-order chi connectivity index (χ0) is 19.3. The molecule has 0 atom stereocenters. The van der Waals surface area contributed by atoms with Crippen molar-refractivity contribution in [3.05, 3.63) is 78.6 Å². The number of anilines is 1. The van der Waals surface area contributed by atoms with Crippen molar-refractivity contribution in [3.8, 4) is 5.69 Å². The van der Waals surface area contributed by atoms with Gasteiger partial charge in [-0.1, -0.05) is 18.2 Å². The molecule has 0 radical (unpaired) electrons. The van der Waals surface area contributed by atoms with Crippen molar-refractivity contribution in [1.82, 2.24) is 14.5 Å². The fraction of sp³-hybridized carbons (Fsp3) is 0.238. The first-order chi connectivity index (χ1) is 13.7. The molecule has 1 fully saturated rings. The molecule has 1 aliphatic rings. The van der Waals surface area contributed by atoms with Gasteiger partial charge in [0.25, 0.3) is 0 Å². The Kier molecular flexibility index (Phi) is 7.08. The smallest absolute Gasteiger partial charge is 0.191 e. The van der Waals surface area contributed by atoms with Gasteiger partial charge in [0, 0.05) is 44.3 Å². The molecule has 0 amide bonds. The number of benzene rings is 2. The zero-order valence-electron chi connectivity index (χ0n) is 16.0. The van der Waals surface area contributed by atoms with Gasteiger partial charge in [0.1, 0.15) is 5.82 Å². The quantitative estimate of drug-likeness (QED) is 0.335. The number of nitrogens with two attached hydrogens (primary N) is 1. The van der Waals surface area contributed by atoms with Crippen molar-refractivity contribution < 1.29 is 4.39 Å². The molecular weight excluding hydrogens is 482 g/mol. The molecular formula is C21H24FIN6. The maximum Gasteiger partial charge on any atom is 0.191 e. The second-order valence-corrected chi connectivity index (χ2v) is 6.72. The number of hydrogen-bond donors (Lipinski definition) is 1. The summed E-state index contributed by atoms with van der Waals surface area (Å²) in [5.41, 5.74) is 9.44. The van der Waals surface area contributed by atoms with Crippen molar-refractivity contribution >= 4 is 35.6 Å². The van der Waals surface area contributed by atoms with Gasteiger partial charge in [-0.05, 0) is 35.9 Å². The van der Waals surface area contributed by atoms with Crippen LogP contribution >= 0.6 is 24.0 Å². The van der Waals surface area contributed by atoms with Gasteiger partial charge < -0.3 is 20.1 Å². The summed E-state index contributed by atoms with van der Waals surface area (Å²) in [5, 5.41) is 0. The van der Waals surface area contributed by atoms with E-state index >= 15 is 0 Å². The van der Waals surface area contributed by atoms with E-state index in [1.165, 1.54) is 12.1 Å². The zero-order valence-corrected chi connectivity index (χ0v) is 18.3. The Labute approximate surface area is 186 Å². The summed E-state index contributed by atoms with van der Waals surface area (Å²) in [4.78, 5) is 13.1. The lowest BCUT2D eigenvalue weighted by Gasteiger charge is -2.36. The molecule has 1 saturated heterocycles. The second kappa shape index (κ2) is 9.73. The Balaban J connectivity index is 0.00000240.